The van der Waals surface area contributed by atoms with Crippen molar-refractivity contribution in [3.63, 3.8) is 0 Å². The maximum absolute atomic E-state index is 11.2. The van der Waals surface area contributed by atoms with Crippen molar-refractivity contribution in [2.24, 2.45) is 0 Å². The number of quaternary nitrogens is 1. The molecule has 4 heteroatoms. The van der Waals surface area contributed by atoms with Gasteiger partial charge in [-0.25, -0.2) is 0 Å². The minimum Gasteiger partial charge on any atom is -0.490 e. The van der Waals surface area contributed by atoms with Gasteiger partial charge in [0, 0.05) is 24.5 Å². The van der Waals surface area contributed by atoms with Gasteiger partial charge in [-0.1, -0.05) is 0 Å². The summed E-state index contributed by atoms with van der Waals surface area (Å²) in [6.07, 6.45) is 2.35. The van der Waals surface area contributed by atoms with Gasteiger partial charge in [0.15, 0.2) is 5.69 Å². The lowest BCUT2D eigenvalue weighted by Gasteiger charge is -2.29. The number of aryl methyl sites for hydroxylation is 1. The van der Waals surface area contributed by atoms with E-state index in [-0.39, 0.29) is 11.4 Å². The minimum absolute atomic E-state index is 0.0319. The predicted molar refractivity (Wildman–Crippen MR) is 60.2 cm³/mol. The molecule has 0 aliphatic carbocycles. The van der Waals surface area contributed by atoms with Gasteiger partial charge in [-0.15, -0.1) is 0 Å². The van der Waals surface area contributed by atoms with Crippen molar-refractivity contribution in [2.45, 2.75) is 19.8 Å². The third-order valence-corrected chi connectivity index (χ3v) is 3.28. The van der Waals surface area contributed by atoms with E-state index in [1.165, 1.54) is 12.8 Å². The van der Waals surface area contributed by atoms with Gasteiger partial charge in [0.2, 0.25) is 0 Å². The zero-order valence-corrected chi connectivity index (χ0v) is 9.21. The topological polar surface area (TPSA) is 53.1 Å². The second-order valence-corrected chi connectivity index (χ2v) is 4.56. The highest BCUT2D eigenvalue weighted by Gasteiger charge is 2.34. The Morgan fingerprint density at radius 1 is 1.40 bits per heavy atom. The van der Waals surface area contributed by atoms with Gasteiger partial charge in [-0.2, -0.15) is 0 Å². The summed E-state index contributed by atoms with van der Waals surface area (Å²) in [5, 5.41) is 9.83. The lowest BCUT2D eigenvalue weighted by atomic mass is 10.2. The molecule has 0 atom stereocenters. The Morgan fingerprint density at radius 3 is 2.53 bits per heavy atom. The molecule has 0 aromatic carbocycles. The first-order chi connectivity index (χ1) is 7.03. The number of aromatic hydroxyl groups is 1. The lowest BCUT2D eigenvalue weighted by molar-refractivity contribution is 0.368. The Labute approximate surface area is 88.8 Å². The summed E-state index contributed by atoms with van der Waals surface area (Å²) in [7, 11) is 2.10. The van der Waals surface area contributed by atoms with E-state index >= 15 is 0 Å². The number of hydrogen-bond acceptors (Lipinski definition) is 2. The molecule has 0 spiro atoms. The average molecular weight is 209 g/mol. The normalized spacial score (nSPS) is 19.3. The molecule has 82 valence electrons. The van der Waals surface area contributed by atoms with Gasteiger partial charge in [-0.05, 0) is 6.92 Å². The Hall–Kier alpha value is -1.29. The highest BCUT2D eigenvalue weighted by Crippen LogP contribution is 2.35. The van der Waals surface area contributed by atoms with Crippen molar-refractivity contribution in [1.82, 2.24) is 9.47 Å². The van der Waals surface area contributed by atoms with Crippen LogP contribution in [-0.2, 0) is 0 Å². The van der Waals surface area contributed by atoms with Crippen molar-refractivity contribution in [3.05, 3.63) is 22.0 Å². The van der Waals surface area contributed by atoms with Crippen LogP contribution < -0.4 is 10.0 Å². The van der Waals surface area contributed by atoms with Crippen molar-refractivity contribution < 1.29 is 5.11 Å². The predicted octanol–water partition coefficient (Wildman–Crippen LogP) is 1.12. The SMILES string of the molecule is Cc1cc(=O)[nH]c(O)c1[N+]1(C)CCCC1. The molecule has 2 rings (SSSR count). The summed E-state index contributed by atoms with van der Waals surface area (Å²) in [6, 6.07) is 1.55. The van der Waals surface area contributed by atoms with E-state index in [0.717, 1.165) is 28.8 Å². The lowest BCUT2D eigenvalue weighted by Crippen LogP contribution is -2.42. The van der Waals surface area contributed by atoms with Crippen LogP contribution in [0.3, 0.4) is 0 Å². The highest BCUT2D eigenvalue weighted by molar-refractivity contribution is 5.56. The smallest absolute Gasteiger partial charge is 0.255 e. The highest BCUT2D eigenvalue weighted by atomic mass is 16.3. The third kappa shape index (κ3) is 1.65. The van der Waals surface area contributed by atoms with E-state index in [1.807, 2.05) is 6.92 Å². The average Bonchev–Trinajstić information content (AvgIpc) is 2.50. The molecule has 0 amide bonds. The number of aromatic nitrogens is 1. The summed E-state index contributed by atoms with van der Waals surface area (Å²) in [4.78, 5) is 13.6. The summed E-state index contributed by atoms with van der Waals surface area (Å²) in [5.41, 5.74) is 1.51. The number of pyridine rings is 1. The van der Waals surface area contributed by atoms with Gasteiger partial charge in [0.25, 0.3) is 11.4 Å². The molecule has 2 N–H and O–H groups in total. The van der Waals surface area contributed by atoms with Crippen molar-refractivity contribution in [3.8, 4) is 5.88 Å². The molecule has 0 radical (unpaired) electrons. The van der Waals surface area contributed by atoms with Gasteiger partial charge in [0.1, 0.15) is 0 Å². The first-order valence-corrected chi connectivity index (χ1v) is 5.31. The molecule has 4 nitrogen and oxygen atoms in total. The molecule has 2 heterocycles. The zero-order chi connectivity index (χ0) is 11.1. The van der Waals surface area contributed by atoms with Gasteiger partial charge in [-0.3, -0.25) is 14.3 Å². The number of hydrogen-bond donors (Lipinski definition) is 2. The van der Waals surface area contributed by atoms with Crippen molar-refractivity contribution in [1.29, 1.82) is 0 Å². The van der Waals surface area contributed by atoms with E-state index in [0.29, 0.717) is 0 Å². The molecule has 1 saturated heterocycles. The molecular weight excluding hydrogens is 192 g/mol. The van der Waals surface area contributed by atoms with Gasteiger partial charge in [0.05, 0.1) is 20.1 Å². The van der Waals surface area contributed by atoms with Crippen LogP contribution in [0.1, 0.15) is 18.4 Å². The molecule has 1 aliphatic rings. The van der Waals surface area contributed by atoms with E-state index in [2.05, 4.69) is 12.0 Å². The molecule has 1 fully saturated rings. The van der Waals surface area contributed by atoms with E-state index in [1.54, 1.807) is 6.07 Å². The second kappa shape index (κ2) is 3.38. The molecule has 15 heavy (non-hydrogen) atoms. The number of rotatable bonds is 1. The molecule has 0 saturated carbocycles. The molecule has 1 aromatic rings. The van der Waals surface area contributed by atoms with Crippen LogP contribution in [0.5, 0.6) is 5.88 Å². The van der Waals surface area contributed by atoms with E-state index in [4.69, 9.17) is 0 Å². The Kier molecular flexibility index (Phi) is 2.31. The maximum Gasteiger partial charge on any atom is 0.255 e. The first kappa shape index (κ1) is 10.2. The largest absolute Gasteiger partial charge is 0.490 e. The van der Waals surface area contributed by atoms with Crippen LogP contribution in [0.4, 0.5) is 5.69 Å². The summed E-state index contributed by atoms with van der Waals surface area (Å²) < 4.78 is 0.731. The summed E-state index contributed by atoms with van der Waals surface area (Å²) in [6.45, 7) is 3.94. The number of nitrogens with zero attached hydrogens (tertiary/aromatic N) is 1. The maximum atomic E-state index is 11.2. The van der Waals surface area contributed by atoms with E-state index in [9.17, 15) is 9.90 Å². The summed E-state index contributed by atoms with van der Waals surface area (Å²) in [5.74, 6) is 0.0319. The summed E-state index contributed by atoms with van der Waals surface area (Å²) >= 11 is 0. The number of H-pyrrole nitrogens is 1. The quantitative estimate of drug-likeness (QED) is 0.681. The fourth-order valence-electron chi connectivity index (χ4n) is 2.60. The van der Waals surface area contributed by atoms with Gasteiger partial charge < -0.3 is 5.11 Å². The Balaban J connectivity index is 2.56. The van der Waals surface area contributed by atoms with Crippen LogP contribution in [-0.4, -0.2) is 30.2 Å². The second-order valence-electron chi connectivity index (χ2n) is 4.56. The standard InChI is InChI=1S/C11H16N2O2/c1-8-7-9(14)12-11(15)10(8)13(2)5-3-4-6-13/h7H,3-6H2,1-2H3,(H-,12,14,15)/p+1. The first-order valence-electron chi connectivity index (χ1n) is 5.31. The number of likely N-dealkylation sites (tertiary alicyclic amines) is 1. The Bertz CT molecular complexity index is 404. The molecule has 1 aliphatic heterocycles. The van der Waals surface area contributed by atoms with Gasteiger partial charge >= 0.3 is 0 Å². The molecule has 0 bridgehead atoms. The fourth-order valence-corrected chi connectivity index (χ4v) is 2.60. The van der Waals surface area contributed by atoms with Crippen LogP contribution >= 0.6 is 0 Å². The Morgan fingerprint density at radius 2 is 2.00 bits per heavy atom. The van der Waals surface area contributed by atoms with Crippen LogP contribution in [0.2, 0.25) is 0 Å². The van der Waals surface area contributed by atoms with Crippen LogP contribution in [0, 0.1) is 6.92 Å². The zero-order valence-electron chi connectivity index (χ0n) is 9.21. The van der Waals surface area contributed by atoms with E-state index < -0.39 is 0 Å². The van der Waals surface area contributed by atoms with Crippen LogP contribution in [0.25, 0.3) is 0 Å². The van der Waals surface area contributed by atoms with Crippen LogP contribution in [0.15, 0.2) is 10.9 Å². The molecule has 1 aromatic heterocycles. The molecule has 0 unspecified atom stereocenters. The third-order valence-electron chi connectivity index (χ3n) is 3.28. The van der Waals surface area contributed by atoms with Crippen molar-refractivity contribution >= 4 is 5.69 Å². The van der Waals surface area contributed by atoms with Crippen molar-refractivity contribution in [2.75, 3.05) is 20.1 Å². The number of nitrogens with one attached hydrogen (secondary N) is 1. The fraction of sp³-hybridized carbons (Fsp3) is 0.545. The number of aromatic amines is 1. The monoisotopic (exact) mass is 209 g/mol. The molecular formula is C11H17N2O2+. The minimum atomic E-state index is -0.237.